The van der Waals surface area contributed by atoms with Gasteiger partial charge >= 0.3 is 0 Å². The molecule has 0 spiro atoms. The number of benzene rings is 2. The van der Waals surface area contributed by atoms with E-state index in [0.29, 0.717) is 5.82 Å². The van der Waals surface area contributed by atoms with Crippen molar-refractivity contribution < 1.29 is 9.47 Å². The van der Waals surface area contributed by atoms with Crippen LogP contribution >= 0.6 is 0 Å². The first kappa shape index (κ1) is 18.0. The van der Waals surface area contributed by atoms with E-state index >= 15 is 0 Å². The van der Waals surface area contributed by atoms with Crippen LogP contribution in [0.5, 0.6) is 11.5 Å². The highest BCUT2D eigenvalue weighted by Gasteiger charge is 2.17. The first-order valence-electron chi connectivity index (χ1n) is 9.14. The molecule has 142 valence electrons. The number of methoxy groups -OCH3 is 2. The van der Waals surface area contributed by atoms with Gasteiger partial charge in [-0.15, -0.1) is 0 Å². The van der Waals surface area contributed by atoms with Gasteiger partial charge in [0.2, 0.25) is 0 Å². The smallest absolute Gasteiger partial charge is 0.164 e. The summed E-state index contributed by atoms with van der Waals surface area (Å²) >= 11 is 0. The van der Waals surface area contributed by atoms with Gasteiger partial charge in [0, 0.05) is 17.2 Å². The molecule has 0 N–H and O–H groups in total. The quantitative estimate of drug-likeness (QED) is 0.504. The summed E-state index contributed by atoms with van der Waals surface area (Å²) in [5.41, 5.74) is 4.31. The lowest BCUT2D eigenvalue weighted by Crippen LogP contribution is -2.02. The number of nitrogens with zero attached hydrogens (tertiary/aromatic N) is 4. The van der Waals surface area contributed by atoms with Crippen molar-refractivity contribution in [3.63, 3.8) is 0 Å². The third-order valence-electron chi connectivity index (χ3n) is 4.69. The highest BCUT2D eigenvalue weighted by Crippen LogP contribution is 2.30. The SMILES string of the molecule is COc1ccc(-c2nc(-c3ccc(OC)cc3)c3ncn(C(C)C)c3n2)cc1. The highest BCUT2D eigenvalue weighted by molar-refractivity contribution is 5.89. The first-order chi connectivity index (χ1) is 13.6. The number of ether oxygens (including phenoxy) is 2. The number of hydrogen-bond donors (Lipinski definition) is 0. The van der Waals surface area contributed by atoms with Crippen molar-refractivity contribution in [1.29, 1.82) is 0 Å². The van der Waals surface area contributed by atoms with Crippen LogP contribution in [0.3, 0.4) is 0 Å². The molecule has 2 aromatic carbocycles. The number of hydrogen-bond acceptors (Lipinski definition) is 5. The van der Waals surface area contributed by atoms with Crippen LogP contribution in [0.15, 0.2) is 54.9 Å². The Morgan fingerprint density at radius 2 is 1.36 bits per heavy atom. The minimum absolute atomic E-state index is 0.243. The van der Waals surface area contributed by atoms with Gasteiger partial charge in [0.25, 0.3) is 0 Å². The molecule has 6 nitrogen and oxygen atoms in total. The van der Waals surface area contributed by atoms with Gasteiger partial charge in [-0.05, 0) is 62.4 Å². The third kappa shape index (κ3) is 3.17. The Morgan fingerprint density at radius 1 is 0.786 bits per heavy atom. The van der Waals surface area contributed by atoms with Crippen LogP contribution in [-0.4, -0.2) is 33.7 Å². The fourth-order valence-electron chi connectivity index (χ4n) is 3.11. The summed E-state index contributed by atoms with van der Waals surface area (Å²) in [6.07, 6.45) is 1.83. The highest BCUT2D eigenvalue weighted by atomic mass is 16.5. The van der Waals surface area contributed by atoms with Gasteiger partial charge in [0.15, 0.2) is 11.5 Å². The van der Waals surface area contributed by atoms with E-state index in [0.717, 1.165) is 39.5 Å². The molecule has 4 rings (SSSR count). The second-order valence-corrected chi connectivity index (χ2v) is 6.77. The lowest BCUT2D eigenvalue weighted by molar-refractivity contribution is 0.415. The molecule has 0 amide bonds. The second kappa shape index (κ2) is 7.31. The minimum atomic E-state index is 0.243. The summed E-state index contributed by atoms with van der Waals surface area (Å²) in [6, 6.07) is 15.8. The van der Waals surface area contributed by atoms with E-state index in [-0.39, 0.29) is 6.04 Å². The molecule has 0 atom stereocenters. The van der Waals surface area contributed by atoms with Gasteiger partial charge in [-0.1, -0.05) is 0 Å². The first-order valence-corrected chi connectivity index (χ1v) is 9.14. The Kier molecular flexibility index (Phi) is 4.69. The van der Waals surface area contributed by atoms with Gasteiger partial charge in [-0.2, -0.15) is 0 Å². The molecule has 0 radical (unpaired) electrons. The molecule has 0 aliphatic carbocycles. The van der Waals surface area contributed by atoms with E-state index in [2.05, 4.69) is 23.4 Å². The largest absolute Gasteiger partial charge is 0.497 e. The van der Waals surface area contributed by atoms with Crippen LogP contribution in [0.1, 0.15) is 19.9 Å². The summed E-state index contributed by atoms with van der Waals surface area (Å²) < 4.78 is 12.6. The van der Waals surface area contributed by atoms with E-state index in [4.69, 9.17) is 19.4 Å². The normalized spacial score (nSPS) is 11.2. The van der Waals surface area contributed by atoms with Gasteiger partial charge < -0.3 is 14.0 Å². The van der Waals surface area contributed by atoms with E-state index in [9.17, 15) is 0 Å². The maximum Gasteiger partial charge on any atom is 0.164 e. The molecule has 2 aromatic heterocycles. The molecule has 0 aliphatic rings. The molecule has 28 heavy (non-hydrogen) atoms. The van der Waals surface area contributed by atoms with Crippen LogP contribution < -0.4 is 9.47 Å². The summed E-state index contributed by atoms with van der Waals surface area (Å²) in [6.45, 7) is 4.23. The van der Waals surface area contributed by atoms with Crippen LogP contribution in [0, 0.1) is 0 Å². The van der Waals surface area contributed by atoms with Gasteiger partial charge in [0.05, 0.1) is 20.5 Å². The molecular weight excluding hydrogens is 352 g/mol. The van der Waals surface area contributed by atoms with Crippen molar-refractivity contribution in [2.75, 3.05) is 14.2 Å². The number of fused-ring (bicyclic) bond motifs is 1. The molecule has 6 heteroatoms. The van der Waals surface area contributed by atoms with Crippen molar-refractivity contribution in [1.82, 2.24) is 19.5 Å². The number of rotatable bonds is 5. The zero-order chi connectivity index (χ0) is 19.7. The molecular formula is C22H22N4O2. The fourth-order valence-corrected chi connectivity index (χ4v) is 3.11. The second-order valence-electron chi connectivity index (χ2n) is 6.77. The standard InChI is InChI=1S/C22H22N4O2/c1-14(2)26-13-23-20-19(15-5-9-17(27-3)10-6-15)24-21(25-22(20)26)16-7-11-18(28-4)12-8-16/h5-14H,1-4H3. The molecule has 4 aromatic rings. The van der Waals surface area contributed by atoms with E-state index in [1.54, 1.807) is 14.2 Å². The van der Waals surface area contributed by atoms with E-state index in [1.807, 2.05) is 54.9 Å². The molecule has 0 aliphatic heterocycles. The Bertz CT molecular complexity index is 1100. The minimum Gasteiger partial charge on any atom is -0.497 e. The van der Waals surface area contributed by atoms with Crippen molar-refractivity contribution in [2.24, 2.45) is 0 Å². The van der Waals surface area contributed by atoms with Crippen molar-refractivity contribution in [3.05, 3.63) is 54.9 Å². The molecule has 2 heterocycles. The third-order valence-corrected chi connectivity index (χ3v) is 4.69. The van der Waals surface area contributed by atoms with Crippen LogP contribution in [-0.2, 0) is 0 Å². The summed E-state index contributed by atoms with van der Waals surface area (Å²) in [5, 5.41) is 0. The molecule has 0 saturated heterocycles. The summed E-state index contributed by atoms with van der Waals surface area (Å²) in [4.78, 5) is 14.3. The van der Waals surface area contributed by atoms with Crippen LogP contribution in [0.25, 0.3) is 33.8 Å². The molecule has 0 unspecified atom stereocenters. The average molecular weight is 374 g/mol. The zero-order valence-electron chi connectivity index (χ0n) is 16.4. The van der Waals surface area contributed by atoms with E-state index < -0.39 is 0 Å². The molecule has 0 fully saturated rings. The van der Waals surface area contributed by atoms with Gasteiger partial charge in [-0.25, -0.2) is 15.0 Å². The van der Waals surface area contributed by atoms with Crippen LogP contribution in [0.4, 0.5) is 0 Å². The predicted molar refractivity (Wildman–Crippen MR) is 110 cm³/mol. The predicted octanol–water partition coefficient (Wildman–Crippen LogP) is 4.76. The number of imidazole rings is 1. The monoisotopic (exact) mass is 374 g/mol. The Hall–Kier alpha value is -3.41. The van der Waals surface area contributed by atoms with E-state index in [1.165, 1.54) is 0 Å². The van der Waals surface area contributed by atoms with Gasteiger partial charge in [-0.3, -0.25) is 0 Å². The number of aromatic nitrogens is 4. The van der Waals surface area contributed by atoms with Crippen molar-refractivity contribution in [3.8, 4) is 34.1 Å². The Morgan fingerprint density at radius 3 is 1.89 bits per heavy atom. The topological polar surface area (TPSA) is 62.1 Å². The fraction of sp³-hybridized carbons (Fsp3) is 0.227. The summed E-state index contributed by atoms with van der Waals surface area (Å²) in [5.74, 6) is 2.26. The molecule has 0 bridgehead atoms. The maximum absolute atomic E-state index is 5.28. The lowest BCUT2D eigenvalue weighted by atomic mass is 10.1. The zero-order valence-corrected chi connectivity index (χ0v) is 16.4. The van der Waals surface area contributed by atoms with Crippen LogP contribution in [0.2, 0.25) is 0 Å². The van der Waals surface area contributed by atoms with Crippen molar-refractivity contribution >= 4 is 11.2 Å². The lowest BCUT2D eigenvalue weighted by Gasteiger charge is -2.11. The van der Waals surface area contributed by atoms with Crippen molar-refractivity contribution in [2.45, 2.75) is 19.9 Å². The Balaban J connectivity index is 1.93. The Labute approximate surface area is 163 Å². The summed E-state index contributed by atoms with van der Waals surface area (Å²) in [7, 11) is 3.31. The van der Waals surface area contributed by atoms with Gasteiger partial charge in [0.1, 0.15) is 22.7 Å². The average Bonchev–Trinajstić information content (AvgIpc) is 3.17. The molecule has 0 saturated carbocycles. The maximum atomic E-state index is 5.28.